The van der Waals surface area contributed by atoms with Crippen LogP contribution >= 0.6 is 0 Å². The van der Waals surface area contributed by atoms with Gasteiger partial charge in [-0.1, -0.05) is 13.8 Å². The third kappa shape index (κ3) is 1.47. The average Bonchev–Trinajstić information content (AvgIpc) is 2.43. The first-order valence-electron chi connectivity index (χ1n) is 5.50. The number of amides is 1. The van der Waals surface area contributed by atoms with E-state index in [1.54, 1.807) is 0 Å². The quantitative estimate of drug-likeness (QED) is 0.637. The second-order valence-electron chi connectivity index (χ2n) is 4.69. The molecule has 0 N–H and O–H groups in total. The van der Waals surface area contributed by atoms with Gasteiger partial charge in [-0.15, -0.1) is 0 Å². The second-order valence-corrected chi connectivity index (χ2v) is 4.69. The molecule has 2 heteroatoms. The lowest BCUT2D eigenvalue weighted by molar-refractivity contribution is -0.130. The lowest BCUT2D eigenvalue weighted by atomic mass is 9.68. The predicted molar refractivity (Wildman–Crippen MR) is 52.2 cm³/mol. The molecular formula is C11H19NO. The van der Waals surface area contributed by atoms with Crippen LogP contribution in [0.15, 0.2) is 0 Å². The summed E-state index contributed by atoms with van der Waals surface area (Å²) in [6.07, 6.45) is 3.08. The summed E-state index contributed by atoms with van der Waals surface area (Å²) in [6, 6.07) is 0. The Morgan fingerprint density at radius 3 is 2.77 bits per heavy atom. The van der Waals surface area contributed by atoms with E-state index in [1.165, 1.54) is 6.42 Å². The molecule has 1 amide bonds. The summed E-state index contributed by atoms with van der Waals surface area (Å²) in [6.45, 7) is 6.48. The molecule has 2 rings (SSSR count). The summed E-state index contributed by atoms with van der Waals surface area (Å²) in [7, 11) is 0. The fraction of sp³-hybridized carbons (Fsp3) is 0.909. The molecule has 3 atom stereocenters. The molecule has 1 aliphatic heterocycles. The topological polar surface area (TPSA) is 20.3 Å². The lowest BCUT2D eigenvalue weighted by Gasteiger charge is -2.36. The van der Waals surface area contributed by atoms with E-state index in [0.29, 0.717) is 5.91 Å². The average molecular weight is 181 g/mol. The fourth-order valence-corrected chi connectivity index (χ4v) is 2.82. The summed E-state index contributed by atoms with van der Waals surface area (Å²) in [4.78, 5) is 13.7. The first kappa shape index (κ1) is 9.04. The highest BCUT2D eigenvalue weighted by Gasteiger charge is 2.45. The maximum Gasteiger partial charge on any atom is 0.222 e. The van der Waals surface area contributed by atoms with E-state index < -0.39 is 0 Å². The molecule has 1 saturated carbocycles. The van der Waals surface area contributed by atoms with Gasteiger partial charge in [0.1, 0.15) is 0 Å². The third-order valence-corrected chi connectivity index (χ3v) is 3.71. The van der Waals surface area contributed by atoms with Crippen molar-refractivity contribution in [3.05, 3.63) is 0 Å². The minimum atomic E-state index is 0.379. The van der Waals surface area contributed by atoms with Gasteiger partial charge in [0.05, 0.1) is 0 Å². The Bertz CT molecular complexity index is 214. The van der Waals surface area contributed by atoms with Crippen molar-refractivity contribution in [3.8, 4) is 0 Å². The van der Waals surface area contributed by atoms with Crippen molar-refractivity contribution >= 4 is 5.91 Å². The van der Waals surface area contributed by atoms with Crippen LogP contribution in [0.5, 0.6) is 0 Å². The summed E-state index contributed by atoms with van der Waals surface area (Å²) in [5.41, 5.74) is 0. The van der Waals surface area contributed by atoms with E-state index >= 15 is 0 Å². The number of carbonyl (C=O) groups is 1. The van der Waals surface area contributed by atoms with Gasteiger partial charge in [0.25, 0.3) is 0 Å². The van der Waals surface area contributed by atoms with Crippen molar-refractivity contribution in [3.63, 3.8) is 0 Å². The predicted octanol–water partition coefficient (Wildman–Crippen LogP) is 1.90. The molecule has 0 radical (unpaired) electrons. The van der Waals surface area contributed by atoms with Crippen LogP contribution in [0.1, 0.15) is 33.1 Å². The Morgan fingerprint density at radius 1 is 1.46 bits per heavy atom. The van der Waals surface area contributed by atoms with Gasteiger partial charge in [-0.05, 0) is 30.6 Å². The van der Waals surface area contributed by atoms with Gasteiger partial charge < -0.3 is 4.90 Å². The Balaban J connectivity index is 1.87. The normalized spacial score (nSPS) is 37.1. The van der Waals surface area contributed by atoms with Crippen LogP contribution in [0.3, 0.4) is 0 Å². The smallest absolute Gasteiger partial charge is 0.222 e. The number of likely N-dealkylation sites (tertiary alicyclic amines) is 1. The van der Waals surface area contributed by atoms with Gasteiger partial charge >= 0.3 is 0 Å². The van der Waals surface area contributed by atoms with Gasteiger partial charge in [0, 0.05) is 19.5 Å². The number of hydrogen-bond donors (Lipinski definition) is 0. The standard InChI is InChI=1S/C11H19NO/c1-3-4-11(13)12-6-9-5-8(2)10(9)7-12/h8-10H,3-7H2,1-2H3/t8-,9?,10?/m1/s1. The van der Waals surface area contributed by atoms with Gasteiger partial charge in [-0.2, -0.15) is 0 Å². The SMILES string of the molecule is CCCC(=O)N1CC2C[C@@H](C)C2C1. The summed E-state index contributed by atoms with van der Waals surface area (Å²) < 4.78 is 0. The molecule has 1 aliphatic carbocycles. The first-order chi connectivity index (χ1) is 6.22. The van der Waals surface area contributed by atoms with Crippen molar-refractivity contribution in [2.75, 3.05) is 13.1 Å². The van der Waals surface area contributed by atoms with Crippen molar-refractivity contribution in [1.29, 1.82) is 0 Å². The zero-order valence-electron chi connectivity index (χ0n) is 8.62. The largest absolute Gasteiger partial charge is 0.342 e. The van der Waals surface area contributed by atoms with E-state index in [1.807, 2.05) is 0 Å². The molecule has 13 heavy (non-hydrogen) atoms. The van der Waals surface area contributed by atoms with E-state index in [9.17, 15) is 4.79 Å². The second kappa shape index (κ2) is 3.32. The monoisotopic (exact) mass is 181 g/mol. The van der Waals surface area contributed by atoms with Gasteiger partial charge in [0.2, 0.25) is 5.91 Å². The summed E-state index contributed by atoms with van der Waals surface area (Å²) in [5, 5.41) is 0. The number of carbonyl (C=O) groups excluding carboxylic acids is 1. The maximum absolute atomic E-state index is 11.6. The van der Waals surface area contributed by atoms with E-state index in [4.69, 9.17) is 0 Å². The van der Waals surface area contributed by atoms with Crippen LogP contribution in [0.25, 0.3) is 0 Å². The Kier molecular flexibility index (Phi) is 2.31. The van der Waals surface area contributed by atoms with E-state index in [2.05, 4.69) is 18.7 Å². The van der Waals surface area contributed by atoms with Gasteiger partial charge in [-0.25, -0.2) is 0 Å². The van der Waals surface area contributed by atoms with Gasteiger partial charge in [-0.3, -0.25) is 4.79 Å². The van der Waals surface area contributed by atoms with Crippen LogP contribution < -0.4 is 0 Å². The fourth-order valence-electron chi connectivity index (χ4n) is 2.82. The zero-order chi connectivity index (χ0) is 9.42. The first-order valence-corrected chi connectivity index (χ1v) is 5.50. The Morgan fingerprint density at radius 2 is 2.23 bits per heavy atom. The highest BCUT2D eigenvalue weighted by Crippen LogP contribution is 2.45. The highest BCUT2D eigenvalue weighted by atomic mass is 16.2. The molecule has 0 spiro atoms. The van der Waals surface area contributed by atoms with Crippen LogP contribution in [0, 0.1) is 17.8 Å². The summed E-state index contributed by atoms with van der Waals surface area (Å²) >= 11 is 0. The number of rotatable bonds is 2. The number of fused-ring (bicyclic) bond motifs is 1. The van der Waals surface area contributed by atoms with Crippen LogP contribution in [-0.2, 0) is 4.79 Å². The minimum absolute atomic E-state index is 0.379. The molecule has 0 bridgehead atoms. The molecule has 1 saturated heterocycles. The van der Waals surface area contributed by atoms with Gasteiger partial charge in [0.15, 0.2) is 0 Å². The molecule has 2 aliphatic rings. The minimum Gasteiger partial charge on any atom is -0.342 e. The number of hydrogen-bond acceptors (Lipinski definition) is 1. The molecule has 0 aromatic heterocycles. The molecule has 2 unspecified atom stereocenters. The van der Waals surface area contributed by atoms with Crippen molar-refractivity contribution < 1.29 is 4.79 Å². The zero-order valence-corrected chi connectivity index (χ0v) is 8.62. The van der Waals surface area contributed by atoms with Crippen molar-refractivity contribution in [2.24, 2.45) is 17.8 Å². The molecule has 74 valence electrons. The van der Waals surface area contributed by atoms with E-state index in [0.717, 1.165) is 43.7 Å². The molecular weight excluding hydrogens is 162 g/mol. The molecule has 1 heterocycles. The van der Waals surface area contributed by atoms with E-state index in [-0.39, 0.29) is 0 Å². The van der Waals surface area contributed by atoms with Crippen molar-refractivity contribution in [1.82, 2.24) is 4.90 Å². The molecule has 0 aromatic carbocycles. The van der Waals surface area contributed by atoms with Crippen LogP contribution in [0.2, 0.25) is 0 Å². The Labute approximate surface area is 80.3 Å². The summed E-state index contributed by atoms with van der Waals surface area (Å²) in [5.74, 6) is 2.92. The van der Waals surface area contributed by atoms with Crippen molar-refractivity contribution in [2.45, 2.75) is 33.1 Å². The maximum atomic E-state index is 11.6. The molecule has 2 nitrogen and oxygen atoms in total. The third-order valence-electron chi connectivity index (χ3n) is 3.71. The molecule has 2 fully saturated rings. The van der Waals surface area contributed by atoms with Crippen LogP contribution in [-0.4, -0.2) is 23.9 Å². The van der Waals surface area contributed by atoms with Crippen LogP contribution in [0.4, 0.5) is 0 Å². The highest BCUT2D eigenvalue weighted by molar-refractivity contribution is 5.76. The number of nitrogens with zero attached hydrogens (tertiary/aromatic N) is 1. The molecule has 0 aromatic rings. The lowest BCUT2D eigenvalue weighted by Crippen LogP contribution is -2.33. The Hall–Kier alpha value is -0.530.